The van der Waals surface area contributed by atoms with Gasteiger partial charge >= 0.3 is 6.36 Å². The van der Waals surface area contributed by atoms with Crippen LogP contribution in [0.2, 0.25) is 0 Å². The smallest absolute Gasteiger partial charge is 0.497 e. The van der Waals surface area contributed by atoms with Crippen molar-refractivity contribution in [3.05, 3.63) is 54.1 Å². The number of methoxy groups -OCH3 is 1. The molecule has 0 aliphatic carbocycles. The van der Waals surface area contributed by atoms with E-state index in [4.69, 9.17) is 4.74 Å². The zero-order valence-corrected chi connectivity index (χ0v) is 19.0. The van der Waals surface area contributed by atoms with Gasteiger partial charge in [0.25, 0.3) is 0 Å². The van der Waals surface area contributed by atoms with Crippen LogP contribution in [0.15, 0.2) is 53.4 Å². The van der Waals surface area contributed by atoms with Gasteiger partial charge in [0.05, 0.1) is 17.9 Å². The molecule has 1 heterocycles. The molecule has 2 aromatic rings. The van der Waals surface area contributed by atoms with E-state index in [0.717, 1.165) is 0 Å². The molecule has 1 atom stereocenters. The summed E-state index contributed by atoms with van der Waals surface area (Å²) in [6, 6.07) is 11.3. The molecule has 0 spiro atoms. The molecule has 7 nitrogen and oxygen atoms in total. The number of nitrogens with zero attached hydrogens (tertiary/aromatic N) is 2. The second-order valence-electron chi connectivity index (χ2n) is 7.76. The predicted molar refractivity (Wildman–Crippen MR) is 114 cm³/mol. The molecule has 3 rings (SSSR count). The second kappa shape index (κ2) is 10.0. The molecular formula is C22H25F3N2O5S. The first kappa shape index (κ1) is 24.8. The van der Waals surface area contributed by atoms with Crippen LogP contribution < -0.4 is 9.47 Å². The largest absolute Gasteiger partial charge is 0.573 e. The standard InChI is InChI=1S/C22H25F3N2O5S/c1-26(14-16-5-7-19(8-6-16)32-22(23,24)25)21(28)17-4-3-13-27(15-17)33(29,30)20-11-9-18(31-2)10-12-20/h5-12,17H,3-4,13-15H2,1-2H3. The van der Waals surface area contributed by atoms with Crippen molar-refractivity contribution < 1.29 is 35.9 Å². The zero-order chi connectivity index (χ0) is 24.2. The number of halogens is 3. The van der Waals surface area contributed by atoms with Crippen LogP contribution in [-0.4, -0.2) is 57.1 Å². The molecule has 180 valence electrons. The molecule has 11 heteroatoms. The molecule has 0 bridgehead atoms. The van der Waals surface area contributed by atoms with Gasteiger partial charge in [-0.3, -0.25) is 4.79 Å². The summed E-state index contributed by atoms with van der Waals surface area (Å²) in [5, 5.41) is 0. The van der Waals surface area contributed by atoms with Crippen molar-refractivity contribution >= 4 is 15.9 Å². The van der Waals surface area contributed by atoms with Crippen molar-refractivity contribution in [1.29, 1.82) is 0 Å². The SMILES string of the molecule is COc1ccc(S(=O)(=O)N2CCCC(C(=O)N(C)Cc3ccc(OC(F)(F)F)cc3)C2)cc1. The van der Waals surface area contributed by atoms with Crippen molar-refractivity contribution in [3.8, 4) is 11.5 Å². The van der Waals surface area contributed by atoms with E-state index < -0.39 is 22.3 Å². The first-order chi connectivity index (χ1) is 15.5. The van der Waals surface area contributed by atoms with E-state index >= 15 is 0 Å². The molecule has 1 aliphatic heterocycles. The number of carbonyl (C=O) groups excluding carboxylic acids is 1. The molecule has 1 saturated heterocycles. The molecule has 1 unspecified atom stereocenters. The van der Waals surface area contributed by atoms with Gasteiger partial charge in [0, 0.05) is 26.7 Å². The zero-order valence-electron chi connectivity index (χ0n) is 18.2. The molecular weight excluding hydrogens is 461 g/mol. The summed E-state index contributed by atoms with van der Waals surface area (Å²) < 4.78 is 73.1. The Bertz CT molecular complexity index is 1060. The van der Waals surface area contributed by atoms with Gasteiger partial charge in [0.1, 0.15) is 11.5 Å². The summed E-state index contributed by atoms with van der Waals surface area (Å²) in [4.78, 5) is 14.5. The Morgan fingerprint density at radius 3 is 2.27 bits per heavy atom. The van der Waals surface area contributed by atoms with E-state index in [1.54, 1.807) is 19.2 Å². The molecule has 1 aliphatic rings. The molecule has 0 aromatic heterocycles. The number of rotatable bonds is 7. The van der Waals surface area contributed by atoms with Gasteiger partial charge in [-0.1, -0.05) is 12.1 Å². The summed E-state index contributed by atoms with van der Waals surface area (Å²) in [5.41, 5.74) is 0.624. The topological polar surface area (TPSA) is 76.2 Å². The van der Waals surface area contributed by atoms with Crippen LogP contribution in [0.1, 0.15) is 18.4 Å². The van der Waals surface area contributed by atoms with Crippen LogP contribution in [0.5, 0.6) is 11.5 Å². The minimum atomic E-state index is -4.77. The molecule has 0 radical (unpaired) electrons. The van der Waals surface area contributed by atoms with Gasteiger partial charge in [-0.2, -0.15) is 4.31 Å². The molecule has 0 saturated carbocycles. The third kappa shape index (κ3) is 6.38. The maximum Gasteiger partial charge on any atom is 0.573 e. The van der Waals surface area contributed by atoms with Crippen LogP contribution >= 0.6 is 0 Å². The lowest BCUT2D eigenvalue weighted by Gasteiger charge is -2.33. The summed E-state index contributed by atoms with van der Waals surface area (Å²) in [6.45, 7) is 0.561. The minimum absolute atomic E-state index is 0.0654. The van der Waals surface area contributed by atoms with Gasteiger partial charge in [-0.05, 0) is 54.8 Å². The lowest BCUT2D eigenvalue weighted by atomic mass is 9.98. The van der Waals surface area contributed by atoms with Crippen LogP contribution in [-0.2, 0) is 21.4 Å². The van der Waals surface area contributed by atoms with E-state index in [0.29, 0.717) is 30.7 Å². The summed E-state index contributed by atoms with van der Waals surface area (Å²) in [6.07, 6.45) is -3.67. The summed E-state index contributed by atoms with van der Waals surface area (Å²) in [7, 11) is -0.682. The third-order valence-corrected chi connectivity index (χ3v) is 7.26. The second-order valence-corrected chi connectivity index (χ2v) is 9.70. The lowest BCUT2D eigenvalue weighted by Crippen LogP contribution is -2.45. The average molecular weight is 487 g/mol. The first-order valence-corrected chi connectivity index (χ1v) is 11.7. The van der Waals surface area contributed by atoms with E-state index in [1.807, 2.05) is 0 Å². The number of piperidine rings is 1. The van der Waals surface area contributed by atoms with Crippen molar-refractivity contribution in [2.45, 2.75) is 30.6 Å². The van der Waals surface area contributed by atoms with Gasteiger partial charge < -0.3 is 14.4 Å². The summed E-state index contributed by atoms with van der Waals surface area (Å²) >= 11 is 0. The van der Waals surface area contributed by atoms with Crippen LogP contribution in [0.3, 0.4) is 0 Å². The fourth-order valence-corrected chi connectivity index (χ4v) is 5.24. The van der Waals surface area contributed by atoms with Crippen molar-refractivity contribution in [3.63, 3.8) is 0 Å². The Kier molecular flexibility index (Phi) is 7.53. The monoisotopic (exact) mass is 486 g/mol. The molecule has 2 aromatic carbocycles. The number of sulfonamides is 1. The first-order valence-electron chi connectivity index (χ1n) is 10.2. The quantitative estimate of drug-likeness (QED) is 0.597. The Morgan fingerprint density at radius 2 is 1.70 bits per heavy atom. The van der Waals surface area contributed by atoms with Crippen LogP contribution in [0, 0.1) is 5.92 Å². The van der Waals surface area contributed by atoms with Crippen LogP contribution in [0.4, 0.5) is 13.2 Å². The molecule has 1 fully saturated rings. The highest BCUT2D eigenvalue weighted by atomic mass is 32.2. The van der Waals surface area contributed by atoms with Gasteiger partial charge in [0.2, 0.25) is 15.9 Å². The number of alkyl halides is 3. The number of hydrogen-bond donors (Lipinski definition) is 0. The molecule has 0 N–H and O–H groups in total. The Hall–Kier alpha value is -2.79. The number of benzene rings is 2. The van der Waals surface area contributed by atoms with Crippen LogP contribution in [0.25, 0.3) is 0 Å². The Labute approximate surface area is 190 Å². The minimum Gasteiger partial charge on any atom is -0.497 e. The van der Waals surface area contributed by atoms with Crippen molar-refractivity contribution in [1.82, 2.24) is 9.21 Å². The fourth-order valence-electron chi connectivity index (χ4n) is 3.72. The van der Waals surface area contributed by atoms with E-state index in [1.165, 1.54) is 52.7 Å². The fraction of sp³-hybridized carbons (Fsp3) is 0.409. The average Bonchev–Trinajstić information content (AvgIpc) is 2.79. The third-order valence-electron chi connectivity index (χ3n) is 5.38. The number of amides is 1. The van der Waals surface area contributed by atoms with E-state index in [2.05, 4.69) is 4.74 Å². The van der Waals surface area contributed by atoms with Crippen molar-refractivity contribution in [2.24, 2.45) is 5.92 Å². The lowest BCUT2D eigenvalue weighted by molar-refractivity contribution is -0.274. The molecule has 33 heavy (non-hydrogen) atoms. The highest BCUT2D eigenvalue weighted by Gasteiger charge is 2.34. The highest BCUT2D eigenvalue weighted by molar-refractivity contribution is 7.89. The molecule has 1 amide bonds. The number of hydrogen-bond acceptors (Lipinski definition) is 5. The van der Waals surface area contributed by atoms with Gasteiger partial charge in [0.15, 0.2) is 0 Å². The van der Waals surface area contributed by atoms with Crippen molar-refractivity contribution in [2.75, 3.05) is 27.2 Å². The Balaban J connectivity index is 1.63. The normalized spacial score (nSPS) is 17.4. The van der Waals surface area contributed by atoms with E-state index in [-0.39, 0.29) is 29.6 Å². The highest BCUT2D eigenvalue weighted by Crippen LogP contribution is 2.27. The Morgan fingerprint density at radius 1 is 1.09 bits per heavy atom. The number of carbonyl (C=O) groups is 1. The predicted octanol–water partition coefficient (Wildman–Crippen LogP) is 3.65. The van der Waals surface area contributed by atoms with Gasteiger partial charge in [-0.25, -0.2) is 8.42 Å². The van der Waals surface area contributed by atoms with Gasteiger partial charge in [-0.15, -0.1) is 13.2 Å². The number of ether oxygens (including phenoxy) is 2. The summed E-state index contributed by atoms with van der Waals surface area (Å²) in [5.74, 6) is -0.531. The maximum absolute atomic E-state index is 13.0. The van der Waals surface area contributed by atoms with E-state index in [9.17, 15) is 26.4 Å². The maximum atomic E-state index is 13.0.